The van der Waals surface area contributed by atoms with Crippen LogP contribution in [0, 0.1) is 11.3 Å². The first-order chi connectivity index (χ1) is 9.43. The van der Waals surface area contributed by atoms with Crippen molar-refractivity contribution in [1.29, 1.82) is 0 Å². The van der Waals surface area contributed by atoms with Crippen LogP contribution in [-0.4, -0.2) is 36.1 Å². The first-order valence-electron chi connectivity index (χ1n) is 8.92. The van der Waals surface area contributed by atoms with Gasteiger partial charge in [0.1, 0.15) is 0 Å². The standard InChI is InChI=1S/C18H36N2/c1-6-19-16-11-10-15(18(3,4)5)13-17(16)20-12-8-7-9-14(20)2/h14-17,19H,6-13H2,1-5H3. The molecule has 0 bridgehead atoms. The highest BCUT2D eigenvalue weighted by Gasteiger charge is 2.39. The van der Waals surface area contributed by atoms with Gasteiger partial charge in [-0.15, -0.1) is 0 Å². The Bertz CT molecular complexity index is 294. The zero-order chi connectivity index (χ0) is 14.8. The Hall–Kier alpha value is -0.0800. The molecule has 20 heavy (non-hydrogen) atoms. The van der Waals surface area contributed by atoms with Gasteiger partial charge in [0.05, 0.1) is 0 Å². The van der Waals surface area contributed by atoms with Gasteiger partial charge in [-0.25, -0.2) is 0 Å². The smallest absolute Gasteiger partial charge is 0.0254 e. The van der Waals surface area contributed by atoms with Crippen molar-refractivity contribution in [2.24, 2.45) is 11.3 Å². The van der Waals surface area contributed by atoms with E-state index >= 15 is 0 Å². The summed E-state index contributed by atoms with van der Waals surface area (Å²) in [6, 6.07) is 2.27. The van der Waals surface area contributed by atoms with Crippen LogP contribution in [0.4, 0.5) is 0 Å². The molecule has 4 atom stereocenters. The topological polar surface area (TPSA) is 15.3 Å². The molecule has 1 aliphatic carbocycles. The maximum atomic E-state index is 3.78. The summed E-state index contributed by atoms with van der Waals surface area (Å²) >= 11 is 0. The van der Waals surface area contributed by atoms with Gasteiger partial charge in [-0.2, -0.15) is 0 Å². The van der Waals surface area contributed by atoms with Crippen LogP contribution in [0.3, 0.4) is 0 Å². The maximum Gasteiger partial charge on any atom is 0.0254 e. The summed E-state index contributed by atoms with van der Waals surface area (Å²) < 4.78 is 0. The van der Waals surface area contributed by atoms with Crippen LogP contribution in [-0.2, 0) is 0 Å². The van der Waals surface area contributed by atoms with Gasteiger partial charge in [0.25, 0.3) is 0 Å². The summed E-state index contributed by atoms with van der Waals surface area (Å²) in [5.74, 6) is 0.886. The second kappa shape index (κ2) is 6.79. The minimum absolute atomic E-state index is 0.467. The van der Waals surface area contributed by atoms with Gasteiger partial charge in [0.2, 0.25) is 0 Å². The fourth-order valence-electron chi connectivity index (χ4n) is 4.41. The molecule has 0 aromatic carbocycles. The second-order valence-corrected chi connectivity index (χ2v) is 8.19. The van der Waals surface area contributed by atoms with Gasteiger partial charge in [0.15, 0.2) is 0 Å². The molecule has 1 saturated heterocycles. The Morgan fingerprint density at radius 1 is 1.10 bits per heavy atom. The van der Waals surface area contributed by atoms with E-state index in [1.807, 2.05) is 0 Å². The number of likely N-dealkylation sites (tertiary alicyclic amines) is 1. The third-order valence-corrected chi connectivity index (χ3v) is 5.79. The van der Waals surface area contributed by atoms with Gasteiger partial charge in [-0.05, 0) is 63.5 Å². The predicted octanol–water partition coefficient (Wildman–Crippen LogP) is 4.05. The van der Waals surface area contributed by atoms with Crippen LogP contribution in [0.5, 0.6) is 0 Å². The number of nitrogens with one attached hydrogen (secondary N) is 1. The summed E-state index contributed by atoms with van der Waals surface area (Å²) in [5, 5.41) is 3.78. The SMILES string of the molecule is CCNC1CCC(C(C)(C)C)CC1N1CCCCC1C. The van der Waals surface area contributed by atoms with Crippen LogP contribution in [0.25, 0.3) is 0 Å². The highest BCUT2D eigenvalue weighted by molar-refractivity contribution is 4.96. The highest BCUT2D eigenvalue weighted by Crippen LogP contribution is 2.40. The third-order valence-electron chi connectivity index (χ3n) is 5.79. The molecule has 1 N–H and O–H groups in total. The van der Waals surface area contributed by atoms with E-state index in [0.29, 0.717) is 5.41 Å². The van der Waals surface area contributed by atoms with Crippen molar-refractivity contribution in [3.05, 3.63) is 0 Å². The van der Waals surface area contributed by atoms with Gasteiger partial charge < -0.3 is 5.32 Å². The van der Waals surface area contributed by atoms with E-state index in [9.17, 15) is 0 Å². The Balaban J connectivity index is 2.09. The quantitative estimate of drug-likeness (QED) is 0.839. The Morgan fingerprint density at radius 3 is 2.45 bits per heavy atom. The summed E-state index contributed by atoms with van der Waals surface area (Å²) in [5.41, 5.74) is 0.467. The van der Waals surface area contributed by atoms with Crippen LogP contribution in [0.1, 0.15) is 73.1 Å². The molecule has 0 radical (unpaired) electrons. The molecule has 1 heterocycles. The Morgan fingerprint density at radius 2 is 1.85 bits per heavy atom. The highest BCUT2D eigenvalue weighted by atomic mass is 15.2. The molecule has 2 fully saturated rings. The largest absolute Gasteiger partial charge is 0.313 e. The fraction of sp³-hybridized carbons (Fsp3) is 1.00. The van der Waals surface area contributed by atoms with Crippen molar-refractivity contribution in [3.8, 4) is 0 Å². The molecule has 0 spiro atoms. The fourth-order valence-corrected chi connectivity index (χ4v) is 4.41. The second-order valence-electron chi connectivity index (χ2n) is 8.19. The molecular formula is C18H36N2. The lowest BCUT2D eigenvalue weighted by Crippen LogP contribution is -2.57. The van der Waals surface area contributed by atoms with E-state index in [4.69, 9.17) is 0 Å². The van der Waals surface area contributed by atoms with E-state index in [1.165, 1.54) is 45.1 Å². The lowest BCUT2D eigenvalue weighted by molar-refractivity contribution is 0.0215. The van der Waals surface area contributed by atoms with E-state index < -0.39 is 0 Å². The summed E-state index contributed by atoms with van der Waals surface area (Å²) in [4.78, 5) is 2.84. The van der Waals surface area contributed by atoms with Gasteiger partial charge in [-0.1, -0.05) is 34.1 Å². The molecule has 2 heteroatoms. The lowest BCUT2D eigenvalue weighted by Gasteiger charge is -2.49. The number of nitrogens with zero attached hydrogens (tertiary/aromatic N) is 1. The minimum atomic E-state index is 0.467. The Labute approximate surface area is 126 Å². The first-order valence-corrected chi connectivity index (χ1v) is 8.92. The average molecular weight is 280 g/mol. The molecule has 0 aromatic heterocycles. The summed E-state index contributed by atoms with van der Waals surface area (Å²) in [6.07, 6.45) is 8.39. The van der Waals surface area contributed by atoms with E-state index in [0.717, 1.165) is 30.6 Å². The summed E-state index contributed by atoms with van der Waals surface area (Å²) in [7, 11) is 0. The third kappa shape index (κ3) is 3.76. The number of hydrogen-bond acceptors (Lipinski definition) is 2. The molecule has 1 saturated carbocycles. The van der Waals surface area contributed by atoms with Gasteiger partial charge >= 0.3 is 0 Å². The van der Waals surface area contributed by atoms with Crippen LogP contribution < -0.4 is 5.32 Å². The first kappa shape index (κ1) is 16.3. The van der Waals surface area contributed by atoms with Crippen molar-refractivity contribution in [2.75, 3.05) is 13.1 Å². The monoisotopic (exact) mass is 280 g/mol. The van der Waals surface area contributed by atoms with Crippen molar-refractivity contribution in [3.63, 3.8) is 0 Å². The van der Waals surface area contributed by atoms with Crippen molar-refractivity contribution < 1.29 is 0 Å². The normalized spacial score (nSPS) is 37.0. The molecule has 2 aliphatic rings. The van der Waals surface area contributed by atoms with Crippen molar-refractivity contribution >= 4 is 0 Å². The number of piperidine rings is 1. The molecular weight excluding hydrogens is 244 g/mol. The molecule has 118 valence electrons. The molecule has 4 unspecified atom stereocenters. The van der Waals surface area contributed by atoms with Crippen molar-refractivity contribution in [2.45, 2.75) is 91.3 Å². The van der Waals surface area contributed by atoms with Crippen LogP contribution in [0.2, 0.25) is 0 Å². The van der Waals surface area contributed by atoms with Gasteiger partial charge in [0, 0.05) is 18.1 Å². The average Bonchev–Trinajstić information content (AvgIpc) is 2.39. The molecule has 2 rings (SSSR count). The van der Waals surface area contributed by atoms with Crippen LogP contribution >= 0.6 is 0 Å². The minimum Gasteiger partial charge on any atom is -0.313 e. The number of likely N-dealkylation sites (N-methyl/N-ethyl adjacent to an activating group) is 1. The zero-order valence-corrected chi connectivity index (χ0v) is 14.4. The zero-order valence-electron chi connectivity index (χ0n) is 14.4. The van der Waals surface area contributed by atoms with Crippen molar-refractivity contribution in [1.82, 2.24) is 10.2 Å². The summed E-state index contributed by atoms with van der Waals surface area (Å²) in [6.45, 7) is 14.4. The number of rotatable bonds is 3. The van der Waals surface area contributed by atoms with Crippen LogP contribution in [0.15, 0.2) is 0 Å². The van der Waals surface area contributed by atoms with Gasteiger partial charge in [-0.3, -0.25) is 4.90 Å². The maximum absolute atomic E-state index is 3.78. The predicted molar refractivity (Wildman–Crippen MR) is 88.1 cm³/mol. The Kier molecular flexibility index (Phi) is 5.53. The lowest BCUT2D eigenvalue weighted by atomic mass is 9.69. The molecule has 0 amide bonds. The van der Waals surface area contributed by atoms with E-state index in [2.05, 4.69) is 44.8 Å². The molecule has 0 aromatic rings. The molecule has 2 nitrogen and oxygen atoms in total. The van der Waals surface area contributed by atoms with E-state index in [-0.39, 0.29) is 0 Å². The van der Waals surface area contributed by atoms with E-state index in [1.54, 1.807) is 0 Å². The molecule has 1 aliphatic heterocycles. The number of hydrogen-bond donors (Lipinski definition) is 1.